The maximum absolute atomic E-state index is 9.77. The molecule has 1 fully saturated rings. The van der Waals surface area contributed by atoms with E-state index in [0.29, 0.717) is 18.3 Å². The first-order chi connectivity index (χ1) is 8.70. The van der Waals surface area contributed by atoms with E-state index in [0.717, 1.165) is 16.6 Å². The van der Waals surface area contributed by atoms with Gasteiger partial charge in [0, 0.05) is 23.5 Å². The normalized spacial score (nSPS) is 23.4. The summed E-state index contributed by atoms with van der Waals surface area (Å²) in [7, 11) is 0. The minimum Gasteiger partial charge on any atom is -0.506 e. The molecule has 0 radical (unpaired) electrons. The number of nitrogens with zero attached hydrogens (tertiary/aromatic N) is 1. The van der Waals surface area contributed by atoms with E-state index in [9.17, 15) is 5.11 Å². The van der Waals surface area contributed by atoms with E-state index in [1.54, 1.807) is 6.07 Å². The third-order valence-corrected chi connectivity index (χ3v) is 4.78. The van der Waals surface area contributed by atoms with Gasteiger partial charge in [-0.3, -0.25) is 4.98 Å². The molecule has 100 valence electrons. The molecule has 1 saturated carbocycles. The van der Waals surface area contributed by atoms with Gasteiger partial charge in [0.15, 0.2) is 0 Å². The summed E-state index contributed by atoms with van der Waals surface area (Å²) in [4.78, 5) is 4.39. The molecule has 0 spiro atoms. The summed E-state index contributed by atoms with van der Waals surface area (Å²) in [5, 5.41) is 14.1. The summed E-state index contributed by atoms with van der Waals surface area (Å²) in [6.45, 7) is 4.83. The smallest absolute Gasteiger partial charge is 0.138 e. The van der Waals surface area contributed by atoms with Crippen molar-refractivity contribution in [3.63, 3.8) is 0 Å². The summed E-state index contributed by atoms with van der Waals surface area (Å²) in [6, 6.07) is 4.13. The molecular weight excluding hydrogens is 244 g/mol. The molecule has 1 aromatic heterocycles. The van der Waals surface area contributed by atoms with Gasteiger partial charge in [-0.2, -0.15) is 11.8 Å². The lowest BCUT2D eigenvalue weighted by Crippen LogP contribution is -2.34. The van der Waals surface area contributed by atoms with Crippen molar-refractivity contribution in [3.8, 4) is 5.75 Å². The van der Waals surface area contributed by atoms with Crippen LogP contribution in [0.4, 0.5) is 0 Å². The number of nitrogens with one attached hydrogen (secondary N) is 1. The molecule has 3 nitrogen and oxygen atoms in total. The Bertz CT molecular complexity index is 397. The zero-order chi connectivity index (χ0) is 13.0. The molecule has 1 aliphatic rings. The number of pyridine rings is 1. The van der Waals surface area contributed by atoms with Gasteiger partial charge < -0.3 is 10.4 Å². The fourth-order valence-corrected chi connectivity index (χ4v) is 3.76. The number of thioether (sulfide) groups is 1. The van der Waals surface area contributed by atoms with Gasteiger partial charge >= 0.3 is 0 Å². The van der Waals surface area contributed by atoms with Crippen molar-refractivity contribution < 1.29 is 5.11 Å². The summed E-state index contributed by atoms with van der Waals surface area (Å²) < 4.78 is 0. The number of aromatic hydroxyl groups is 1. The standard InChI is InChI=1S/C14H22N2OS/c1-3-18-14-6-4-5-11(14)15-9-12-13(17)8-7-10(2)16-12/h7-8,11,14-15,17H,3-6,9H2,1-2H3. The predicted octanol–water partition coefficient (Wildman–Crippen LogP) is 2.86. The van der Waals surface area contributed by atoms with Crippen LogP contribution >= 0.6 is 11.8 Å². The van der Waals surface area contributed by atoms with Gasteiger partial charge in [-0.25, -0.2) is 0 Å². The van der Waals surface area contributed by atoms with Crippen molar-refractivity contribution in [2.24, 2.45) is 0 Å². The number of rotatable bonds is 5. The molecule has 2 unspecified atom stereocenters. The Morgan fingerprint density at radius 2 is 2.28 bits per heavy atom. The van der Waals surface area contributed by atoms with Gasteiger partial charge in [0.05, 0.1) is 5.69 Å². The first kappa shape index (κ1) is 13.7. The average Bonchev–Trinajstić information content (AvgIpc) is 2.78. The van der Waals surface area contributed by atoms with Gasteiger partial charge in [0.1, 0.15) is 5.75 Å². The zero-order valence-corrected chi connectivity index (χ0v) is 12.0. The van der Waals surface area contributed by atoms with Crippen LogP contribution in [0, 0.1) is 6.92 Å². The van der Waals surface area contributed by atoms with Crippen LogP contribution in [0.3, 0.4) is 0 Å². The topological polar surface area (TPSA) is 45.2 Å². The highest BCUT2D eigenvalue weighted by molar-refractivity contribution is 7.99. The van der Waals surface area contributed by atoms with Crippen LogP contribution in [0.1, 0.15) is 37.6 Å². The van der Waals surface area contributed by atoms with Crippen molar-refractivity contribution in [2.45, 2.75) is 50.9 Å². The highest BCUT2D eigenvalue weighted by atomic mass is 32.2. The molecule has 2 rings (SSSR count). The highest BCUT2D eigenvalue weighted by Gasteiger charge is 2.26. The lowest BCUT2D eigenvalue weighted by molar-refractivity contribution is 0.450. The molecule has 2 atom stereocenters. The van der Waals surface area contributed by atoms with Crippen LogP contribution in [-0.2, 0) is 6.54 Å². The van der Waals surface area contributed by atoms with E-state index in [-0.39, 0.29) is 0 Å². The van der Waals surface area contributed by atoms with Crippen molar-refractivity contribution in [3.05, 3.63) is 23.5 Å². The Labute approximate surface area is 113 Å². The molecule has 1 aliphatic carbocycles. The Kier molecular flexibility index (Phi) is 4.89. The first-order valence-electron chi connectivity index (χ1n) is 6.71. The lowest BCUT2D eigenvalue weighted by Gasteiger charge is -2.20. The van der Waals surface area contributed by atoms with Gasteiger partial charge in [0.25, 0.3) is 0 Å². The van der Waals surface area contributed by atoms with Crippen LogP contribution in [-0.4, -0.2) is 27.1 Å². The van der Waals surface area contributed by atoms with Crippen LogP contribution in [0.2, 0.25) is 0 Å². The van der Waals surface area contributed by atoms with E-state index in [4.69, 9.17) is 0 Å². The van der Waals surface area contributed by atoms with Crippen LogP contribution < -0.4 is 5.32 Å². The fourth-order valence-electron chi connectivity index (χ4n) is 2.53. The molecule has 18 heavy (non-hydrogen) atoms. The van der Waals surface area contributed by atoms with Crippen LogP contribution in [0.5, 0.6) is 5.75 Å². The number of hydrogen-bond donors (Lipinski definition) is 2. The molecule has 0 saturated heterocycles. The second-order valence-electron chi connectivity index (χ2n) is 4.83. The third-order valence-electron chi connectivity index (χ3n) is 3.45. The number of aromatic nitrogens is 1. The molecule has 0 aliphatic heterocycles. The third kappa shape index (κ3) is 3.39. The second kappa shape index (κ2) is 6.43. The van der Waals surface area contributed by atoms with E-state index in [1.165, 1.54) is 25.0 Å². The summed E-state index contributed by atoms with van der Waals surface area (Å²) in [6.07, 6.45) is 3.86. The zero-order valence-electron chi connectivity index (χ0n) is 11.1. The first-order valence-corrected chi connectivity index (χ1v) is 7.76. The lowest BCUT2D eigenvalue weighted by atomic mass is 10.2. The monoisotopic (exact) mass is 266 g/mol. The fraction of sp³-hybridized carbons (Fsp3) is 0.643. The molecule has 1 heterocycles. The van der Waals surface area contributed by atoms with E-state index in [2.05, 4.69) is 17.2 Å². The summed E-state index contributed by atoms with van der Waals surface area (Å²) in [5.41, 5.74) is 1.72. The number of aryl methyl sites for hydroxylation is 1. The minimum absolute atomic E-state index is 0.297. The Morgan fingerprint density at radius 1 is 1.44 bits per heavy atom. The molecule has 0 aromatic carbocycles. The average molecular weight is 266 g/mol. The van der Waals surface area contributed by atoms with E-state index < -0.39 is 0 Å². The van der Waals surface area contributed by atoms with Crippen molar-refractivity contribution in [2.75, 3.05) is 5.75 Å². The largest absolute Gasteiger partial charge is 0.506 e. The quantitative estimate of drug-likeness (QED) is 0.860. The summed E-state index contributed by atoms with van der Waals surface area (Å²) >= 11 is 2.04. The van der Waals surface area contributed by atoms with Crippen LogP contribution in [0.25, 0.3) is 0 Å². The van der Waals surface area contributed by atoms with Crippen molar-refractivity contribution >= 4 is 11.8 Å². The van der Waals surface area contributed by atoms with Crippen molar-refractivity contribution in [1.29, 1.82) is 0 Å². The predicted molar refractivity (Wildman–Crippen MR) is 77.0 cm³/mol. The Morgan fingerprint density at radius 3 is 3.06 bits per heavy atom. The van der Waals surface area contributed by atoms with Gasteiger partial charge in [-0.15, -0.1) is 0 Å². The molecule has 1 aromatic rings. The van der Waals surface area contributed by atoms with Crippen molar-refractivity contribution in [1.82, 2.24) is 10.3 Å². The number of hydrogen-bond acceptors (Lipinski definition) is 4. The SMILES string of the molecule is CCSC1CCCC1NCc1nc(C)ccc1O. The van der Waals surface area contributed by atoms with Gasteiger partial charge in [-0.05, 0) is 37.7 Å². The Balaban J connectivity index is 1.92. The van der Waals surface area contributed by atoms with Gasteiger partial charge in [0.2, 0.25) is 0 Å². The highest BCUT2D eigenvalue weighted by Crippen LogP contribution is 2.30. The summed E-state index contributed by atoms with van der Waals surface area (Å²) in [5.74, 6) is 1.47. The van der Waals surface area contributed by atoms with E-state index >= 15 is 0 Å². The molecule has 2 N–H and O–H groups in total. The van der Waals surface area contributed by atoms with Gasteiger partial charge in [-0.1, -0.05) is 13.3 Å². The minimum atomic E-state index is 0.297. The molecular formula is C14H22N2OS. The molecule has 0 bridgehead atoms. The molecule has 4 heteroatoms. The van der Waals surface area contributed by atoms with E-state index in [1.807, 2.05) is 24.8 Å². The molecule has 0 amide bonds. The Hall–Kier alpha value is -0.740. The second-order valence-corrected chi connectivity index (χ2v) is 6.35. The maximum atomic E-state index is 9.77. The maximum Gasteiger partial charge on any atom is 0.138 e. The van der Waals surface area contributed by atoms with Crippen LogP contribution in [0.15, 0.2) is 12.1 Å².